The molecule has 1 aliphatic heterocycles. The molecule has 2 unspecified atom stereocenters. The fraction of sp³-hybridized carbons (Fsp3) is 0.333. The molecule has 232 valence electrons. The number of halogens is 2. The van der Waals surface area contributed by atoms with Gasteiger partial charge in [-0.1, -0.05) is 0 Å². The van der Waals surface area contributed by atoms with Gasteiger partial charge in [-0.25, -0.2) is 0 Å². The third-order valence-corrected chi connectivity index (χ3v) is 19.0. The van der Waals surface area contributed by atoms with Crippen molar-refractivity contribution >= 4 is 12.2 Å². The molecule has 0 nitrogen and oxygen atoms in total. The number of hydrogen-bond donors (Lipinski definition) is 0. The summed E-state index contributed by atoms with van der Waals surface area (Å²) < 4.78 is 4.35. The van der Waals surface area contributed by atoms with Gasteiger partial charge in [-0.3, -0.25) is 0 Å². The van der Waals surface area contributed by atoms with E-state index in [4.69, 9.17) is 0 Å². The molecule has 4 aromatic carbocycles. The van der Waals surface area contributed by atoms with E-state index in [9.17, 15) is 0 Å². The molecule has 7 rings (SSSR count). The van der Waals surface area contributed by atoms with Gasteiger partial charge in [0.05, 0.1) is 0 Å². The van der Waals surface area contributed by atoms with E-state index in [2.05, 4.69) is 125 Å². The van der Waals surface area contributed by atoms with Crippen LogP contribution in [-0.4, -0.2) is 0 Å². The molecule has 1 fully saturated rings. The van der Waals surface area contributed by atoms with Crippen molar-refractivity contribution in [3.05, 3.63) is 129 Å². The first-order valence-electron chi connectivity index (χ1n) is 17.0. The Morgan fingerprint density at radius 2 is 0.933 bits per heavy atom. The second-order valence-corrected chi connectivity index (χ2v) is 20.5. The van der Waals surface area contributed by atoms with E-state index >= 15 is 0 Å². The number of fused-ring (bicyclic) bond motifs is 2. The zero-order valence-corrected chi connectivity index (χ0v) is 30.4. The van der Waals surface area contributed by atoms with Crippen molar-refractivity contribution in [2.45, 2.75) is 84.1 Å². The fourth-order valence-electron chi connectivity index (χ4n) is 8.57. The van der Waals surface area contributed by atoms with Crippen LogP contribution in [0.1, 0.15) is 95.2 Å². The molecular weight excluding hydrogens is 623 g/mol. The van der Waals surface area contributed by atoms with Gasteiger partial charge in [-0.05, 0) is 0 Å². The normalized spacial score (nSPS) is 18.0. The van der Waals surface area contributed by atoms with Crippen LogP contribution in [0, 0.1) is 0 Å². The second kappa shape index (κ2) is 14.2. The molecule has 1 saturated heterocycles. The van der Waals surface area contributed by atoms with E-state index in [-0.39, 0.29) is 24.8 Å². The predicted octanol–water partition coefficient (Wildman–Crippen LogP) is 6.33. The maximum Gasteiger partial charge on any atom is -1.00 e. The Hall–Kier alpha value is -2.35. The molecule has 0 spiro atoms. The third-order valence-electron chi connectivity index (χ3n) is 10.7. The molecular formula is C42H46Cl2Ti. The molecule has 2 aliphatic carbocycles. The molecule has 45 heavy (non-hydrogen) atoms. The molecule has 4 aromatic rings. The summed E-state index contributed by atoms with van der Waals surface area (Å²) in [5.74, 6) is 0. The van der Waals surface area contributed by atoms with Gasteiger partial charge < -0.3 is 24.8 Å². The summed E-state index contributed by atoms with van der Waals surface area (Å²) in [5.41, 5.74) is 18.3. The van der Waals surface area contributed by atoms with Crippen LogP contribution in [0.25, 0.3) is 34.4 Å². The summed E-state index contributed by atoms with van der Waals surface area (Å²) in [4.78, 5) is 0. The van der Waals surface area contributed by atoms with Crippen LogP contribution >= 0.6 is 0 Å². The SMILES string of the molecule is CCCc1ccc(-c2cccc3c2C=C(CC)[CH]3[Ti+2]2([CH]3C(CC)=Cc4c(-c5ccc(CCC)cc5)cccc43)[CH2][CH2]2)cc1.[Cl-].[Cl-]. The summed E-state index contributed by atoms with van der Waals surface area (Å²) in [6.45, 7) is 9.34. The predicted molar refractivity (Wildman–Crippen MR) is 183 cm³/mol. The summed E-state index contributed by atoms with van der Waals surface area (Å²) >= 11 is -2.36. The van der Waals surface area contributed by atoms with Crippen molar-refractivity contribution in [3.63, 3.8) is 0 Å². The van der Waals surface area contributed by atoms with E-state index < -0.39 is 16.6 Å². The first-order chi connectivity index (χ1) is 21.1. The minimum atomic E-state index is -2.36. The summed E-state index contributed by atoms with van der Waals surface area (Å²) in [6, 6.07) is 33.3. The van der Waals surface area contributed by atoms with Gasteiger partial charge in [0.25, 0.3) is 0 Å². The molecule has 3 aliphatic rings. The molecule has 1 heterocycles. The average molecular weight is 670 g/mol. The monoisotopic (exact) mass is 668 g/mol. The van der Waals surface area contributed by atoms with Gasteiger partial charge in [-0.15, -0.1) is 0 Å². The Kier molecular flexibility index (Phi) is 10.7. The van der Waals surface area contributed by atoms with Crippen molar-refractivity contribution in [1.29, 1.82) is 0 Å². The number of benzene rings is 4. The Balaban J connectivity index is 0.00000200. The van der Waals surface area contributed by atoms with E-state index in [1.54, 1.807) is 22.3 Å². The molecule has 0 N–H and O–H groups in total. The Bertz CT molecular complexity index is 1580. The third kappa shape index (κ3) is 5.98. The van der Waals surface area contributed by atoms with Crippen LogP contribution in [-0.2, 0) is 29.4 Å². The molecule has 0 bridgehead atoms. The Morgan fingerprint density at radius 3 is 1.27 bits per heavy atom. The van der Waals surface area contributed by atoms with Crippen molar-refractivity contribution in [2.75, 3.05) is 0 Å². The van der Waals surface area contributed by atoms with Gasteiger partial charge >= 0.3 is 265 Å². The number of aryl methyl sites for hydroxylation is 2. The molecule has 0 aromatic heterocycles. The van der Waals surface area contributed by atoms with E-state index in [0.29, 0.717) is 8.45 Å². The summed E-state index contributed by atoms with van der Waals surface area (Å²) in [7, 11) is 0. The maximum atomic E-state index is 2.63. The van der Waals surface area contributed by atoms with Gasteiger partial charge in [-0.2, -0.15) is 0 Å². The first-order valence-corrected chi connectivity index (χ1v) is 21.0. The minimum absolute atomic E-state index is 0. The second-order valence-electron chi connectivity index (χ2n) is 13.3. The number of allylic oxidation sites excluding steroid dienone is 2. The molecule has 0 amide bonds. The Labute approximate surface area is 287 Å². The molecule has 2 atom stereocenters. The molecule has 0 radical (unpaired) electrons. The topological polar surface area (TPSA) is 0 Å². The number of hydrogen-bond acceptors (Lipinski definition) is 0. The standard InChI is InChI=1S/2C20H21.C2H4.2ClH.Ti/c2*1-3-6-16-9-11-17(12-10-16)19-8-5-7-18-13-15(4-2)14-20(18)19;1-2;;;/h2*5,7-14H,3-4,6H2,1-2H3;1-2H2;2*1H;/q;;;;;+2/p-2. The first kappa shape index (κ1) is 34.0. The molecule has 3 heteroatoms. The maximum absolute atomic E-state index is 2.63. The van der Waals surface area contributed by atoms with Gasteiger partial charge in [0.15, 0.2) is 0 Å². The van der Waals surface area contributed by atoms with Gasteiger partial charge in [0, 0.05) is 0 Å². The van der Waals surface area contributed by atoms with Crippen molar-refractivity contribution in [1.82, 2.24) is 0 Å². The van der Waals surface area contributed by atoms with Crippen LogP contribution in [0.3, 0.4) is 0 Å². The van der Waals surface area contributed by atoms with Crippen LogP contribution < -0.4 is 24.8 Å². The zero-order chi connectivity index (χ0) is 29.6. The van der Waals surface area contributed by atoms with Crippen LogP contribution in [0.2, 0.25) is 9.45 Å². The summed E-state index contributed by atoms with van der Waals surface area (Å²) in [5, 5.41) is 0. The zero-order valence-electron chi connectivity index (χ0n) is 27.3. The van der Waals surface area contributed by atoms with Crippen LogP contribution in [0.5, 0.6) is 0 Å². The van der Waals surface area contributed by atoms with Crippen LogP contribution in [0.4, 0.5) is 0 Å². The fourth-order valence-corrected chi connectivity index (χ4v) is 19.1. The smallest absolute Gasteiger partial charge is 1.00 e. The van der Waals surface area contributed by atoms with Crippen molar-refractivity contribution in [3.8, 4) is 22.3 Å². The van der Waals surface area contributed by atoms with Crippen molar-refractivity contribution in [2.24, 2.45) is 0 Å². The van der Waals surface area contributed by atoms with Crippen LogP contribution in [0.15, 0.2) is 96.1 Å². The largest absolute Gasteiger partial charge is 1.00 e. The summed E-state index contributed by atoms with van der Waals surface area (Å²) in [6.07, 6.45) is 12.3. The minimum Gasteiger partial charge on any atom is -1.00 e. The number of rotatable bonds is 10. The van der Waals surface area contributed by atoms with Gasteiger partial charge in [0.2, 0.25) is 0 Å². The van der Waals surface area contributed by atoms with E-state index in [1.165, 1.54) is 66.8 Å². The van der Waals surface area contributed by atoms with E-state index in [1.807, 2.05) is 0 Å². The Morgan fingerprint density at radius 1 is 0.533 bits per heavy atom. The van der Waals surface area contributed by atoms with Gasteiger partial charge in [0.1, 0.15) is 0 Å². The van der Waals surface area contributed by atoms with E-state index in [0.717, 1.165) is 25.7 Å². The molecule has 0 saturated carbocycles. The quantitative estimate of drug-likeness (QED) is 0.173. The average Bonchev–Trinajstić information content (AvgIpc) is 3.57. The van der Waals surface area contributed by atoms with Crippen molar-refractivity contribution < 1.29 is 41.4 Å².